The van der Waals surface area contributed by atoms with E-state index in [4.69, 9.17) is 4.74 Å². The van der Waals surface area contributed by atoms with E-state index in [1.165, 1.54) is 10.7 Å². The third-order valence-corrected chi connectivity index (χ3v) is 4.09. The number of aromatic amines is 1. The summed E-state index contributed by atoms with van der Waals surface area (Å²) in [7, 11) is 1.74. The lowest BCUT2D eigenvalue weighted by Crippen LogP contribution is -2.57. The summed E-state index contributed by atoms with van der Waals surface area (Å²) in [5.74, 6) is 0.721. The van der Waals surface area contributed by atoms with Crippen molar-refractivity contribution in [2.45, 2.75) is 32.4 Å². The van der Waals surface area contributed by atoms with Crippen LogP contribution in [-0.2, 0) is 4.74 Å². The molecule has 1 aliphatic carbocycles. The van der Waals surface area contributed by atoms with Crippen LogP contribution in [0.25, 0.3) is 5.65 Å². The first-order chi connectivity index (χ1) is 9.02. The number of nitrogens with zero attached hydrogens (tertiary/aromatic N) is 3. The van der Waals surface area contributed by atoms with Crippen LogP contribution >= 0.6 is 0 Å². The first kappa shape index (κ1) is 12.2. The molecule has 1 aliphatic rings. The second-order valence-corrected chi connectivity index (χ2v) is 5.51. The number of methoxy groups -OCH3 is 1. The molecule has 0 aliphatic heterocycles. The van der Waals surface area contributed by atoms with E-state index < -0.39 is 0 Å². The maximum absolute atomic E-state index is 11.3. The Morgan fingerprint density at radius 2 is 2.37 bits per heavy atom. The van der Waals surface area contributed by atoms with Gasteiger partial charge in [0.1, 0.15) is 12.1 Å². The first-order valence-electron chi connectivity index (χ1n) is 6.24. The molecule has 102 valence electrons. The van der Waals surface area contributed by atoms with Gasteiger partial charge < -0.3 is 10.1 Å². The van der Waals surface area contributed by atoms with Gasteiger partial charge in [-0.25, -0.2) is 19.3 Å². The van der Waals surface area contributed by atoms with Crippen molar-refractivity contribution in [1.29, 1.82) is 0 Å². The molecule has 0 spiro atoms. The number of rotatable bonds is 3. The summed E-state index contributed by atoms with van der Waals surface area (Å²) in [6.07, 6.45) is 2.69. The van der Waals surface area contributed by atoms with Crippen LogP contribution in [-0.4, -0.2) is 38.8 Å². The lowest BCUT2D eigenvalue weighted by Gasteiger charge is -2.51. The van der Waals surface area contributed by atoms with Crippen LogP contribution < -0.4 is 11.0 Å². The Morgan fingerprint density at radius 1 is 1.58 bits per heavy atom. The van der Waals surface area contributed by atoms with E-state index in [1.54, 1.807) is 13.2 Å². The number of fused-ring (bicyclic) bond motifs is 1. The molecule has 0 saturated heterocycles. The van der Waals surface area contributed by atoms with Crippen LogP contribution in [0.5, 0.6) is 0 Å². The van der Waals surface area contributed by atoms with Crippen molar-refractivity contribution < 1.29 is 4.74 Å². The lowest BCUT2D eigenvalue weighted by molar-refractivity contribution is -0.0795. The van der Waals surface area contributed by atoms with E-state index in [0.29, 0.717) is 11.7 Å². The van der Waals surface area contributed by atoms with E-state index in [-0.39, 0.29) is 17.2 Å². The summed E-state index contributed by atoms with van der Waals surface area (Å²) in [4.78, 5) is 15.6. The predicted molar refractivity (Wildman–Crippen MR) is 70.2 cm³/mol. The van der Waals surface area contributed by atoms with Gasteiger partial charge in [-0.3, -0.25) is 0 Å². The maximum Gasteiger partial charge on any atom is 0.348 e. The molecule has 2 heterocycles. The first-order valence-corrected chi connectivity index (χ1v) is 6.24. The zero-order chi connectivity index (χ0) is 13.6. The molecule has 7 nitrogen and oxygen atoms in total. The van der Waals surface area contributed by atoms with Crippen LogP contribution in [0.15, 0.2) is 17.2 Å². The van der Waals surface area contributed by atoms with Crippen LogP contribution in [0.1, 0.15) is 20.3 Å². The highest BCUT2D eigenvalue weighted by atomic mass is 16.5. The smallest absolute Gasteiger partial charge is 0.348 e. The van der Waals surface area contributed by atoms with Gasteiger partial charge in [0.15, 0.2) is 5.65 Å². The number of hydrogen-bond donors (Lipinski definition) is 2. The van der Waals surface area contributed by atoms with Crippen molar-refractivity contribution in [3.8, 4) is 0 Å². The molecular weight excluding hydrogens is 246 g/mol. The highest BCUT2D eigenvalue weighted by Gasteiger charge is 2.48. The van der Waals surface area contributed by atoms with Gasteiger partial charge in [-0.1, -0.05) is 13.8 Å². The van der Waals surface area contributed by atoms with Crippen molar-refractivity contribution in [3.63, 3.8) is 0 Å². The van der Waals surface area contributed by atoms with Gasteiger partial charge >= 0.3 is 5.69 Å². The SMILES string of the molecule is COC1CC(Nc2cc3n[nH]c(=O)n3cn2)C1(C)C. The maximum atomic E-state index is 11.3. The molecule has 7 heteroatoms. The molecule has 19 heavy (non-hydrogen) atoms. The fraction of sp³-hybridized carbons (Fsp3) is 0.583. The van der Waals surface area contributed by atoms with Crippen molar-refractivity contribution in [2.24, 2.45) is 5.41 Å². The largest absolute Gasteiger partial charge is 0.381 e. The molecule has 2 aromatic rings. The van der Waals surface area contributed by atoms with Crippen LogP contribution in [0.3, 0.4) is 0 Å². The quantitative estimate of drug-likeness (QED) is 0.849. The monoisotopic (exact) mass is 263 g/mol. The van der Waals surface area contributed by atoms with Gasteiger partial charge in [0.25, 0.3) is 0 Å². The number of hydrogen-bond acceptors (Lipinski definition) is 5. The van der Waals surface area contributed by atoms with Crippen molar-refractivity contribution >= 4 is 11.5 Å². The molecule has 1 saturated carbocycles. The molecule has 2 unspecified atom stereocenters. The third kappa shape index (κ3) is 1.81. The summed E-state index contributed by atoms with van der Waals surface area (Å²) >= 11 is 0. The average Bonchev–Trinajstić information content (AvgIpc) is 2.75. The van der Waals surface area contributed by atoms with Gasteiger partial charge in [-0.05, 0) is 6.42 Å². The van der Waals surface area contributed by atoms with Gasteiger partial charge in [-0.15, -0.1) is 0 Å². The summed E-state index contributed by atoms with van der Waals surface area (Å²) < 4.78 is 6.79. The number of anilines is 1. The second-order valence-electron chi connectivity index (χ2n) is 5.51. The molecule has 2 aromatic heterocycles. The normalized spacial score (nSPS) is 25.2. The Labute approximate surface area is 110 Å². The number of H-pyrrole nitrogens is 1. The Bertz CT molecular complexity index is 659. The van der Waals surface area contributed by atoms with Gasteiger partial charge in [0, 0.05) is 24.6 Å². The van der Waals surface area contributed by atoms with Gasteiger partial charge in [0.05, 0.1) is 6.10 Å². The molecule has 2 N–H and O–H groups in total. The van der Waals surface area contributed by atoms with E-state index >= 15 is 0 Å². The van der Waals surface area contributed by atoms with Crippen molar-refractivity contribution in [3.05, 3.63) is 22.9 Å². The van der Waals surface area contributed by atoms with Crippen LogP contribution in [0, 0.1) is 5.41 Å². The van der Waals surface area contributed by atoms with E-state index in [9.17, 15) is 4.79 Å². The Kier molecular flexibility index (Phi) is 2.60. The van der Waals surface area contributed by atoms with E-state index in [2.05, 4.69) is 34.3 Å². The second kappa shape index (κ2) is 4.06. The van der Waals surface area contributed by atoms with Crippen LogP contribution in [0.2, 0.25) is 0 Å². The molecule has 0 bridgehead atoms. The van der Waals surface area contributed by atoms with Gasteiger partial charge in [0.2, 0.25) is 0 Å². The fourth-order valence-corrected chi connectivity index (χ4v) is 2.60. The average molecular weight is 263 g/mol. The summed E-state index contributed by atoms with van der Waals surface area (Å²) in [6, 6.07) is 2.06. The third-order valence-electron chi connectivity index (χ3n) is 4.09. The number of nitrogens with one attached hydrogen (secondary N) is 2. The zero-order valence-electron chi connectivity index (χ0n) is 11.2. The molecule has 1 fully saturated rings. The molecule has 0 amide bonds. The molecule has 0 radical (unpaired) electrons. The summed E-state index contributed by atoms with van der Waals surface area (Å²) in [5.41, 5.74) is 0.341. The van der Waals surface area contributed by atoms with Crippen LogP contribution in [0.4, 0.5) is 5.82 Å². The van der Waals surface area contributed by atoms with Crippen molar-refractivity contribution in [1.82, 2.24) is 19.6 Å². The van der Waals surface area contributed by atoms with Crippen molar-refractivity contribution in [2.75, 3.05) is 12.4 Å². The lowest BCUT2D eigenvalue weighted by atomic mass is 9.64. The standard InChI is InChI=1S/C12H17N5O2/c1-12(2)7(4-8(12)19-3)14-9-5-10-15-16-11(18)17(10)6-13-9/h5-8,14H,4H2,1-3H3,(H,16,18). The Morgan fingerprint density at radius 3 is 3.05 bits per heavy atom. The molecule has 0 aromatic carbocycles. The number of ether oxygens (including phenoxy) is 1. The Balaban J connectivity index is 1.81. The highest BCUT2D eigenvalue weighted by molar-refractivity contribution is 5.49. The zero-order valence-corrected chi connectivity index (χ0v) is 11.2. The molecule has 2 atom stereocenters. The minimum Gasteiger partial charge on any atom is -0.381 e. The summed E-state index contributed by atoms with van der Waals surface area (Å²) in [5, 5.41) is 9.68. The minimum absolute atomic E-state index is 0.0633. The fourth-order valence-electron chi connectivity index (χ4n) is 2.60. The minimum atomic E-state index is -0.280. The molecular formula is C12H17N5O2. The van der Waals surface area contributed by atoms with Gasteiger partial charge in [-0.2, -0.15) is 5.10 Å². The topological polar surface area (TPSA) is 84.3 Å². The Hall–Kier alpha value is -1.89. The number of aromatic nitrogens is 4. The highest BCUT2D eigenvalue weighted by Crippen LogP contribution is 2.43. The summed E-state index contributed by atoms with van der Waals surface area (Å²) in [6.45, 7) is 4.33. The van der Waals surface area contributed by atoms with E-state index in [0.717, 1.165) is 12.2 Å². The molecule has 3 rings (SSSR count). The van der Waals surface area contributed by atoms with E-state index in [1.807, 2.05) is 0 Å². The predicted octanol–water partition coefficient (Wildman–Crippen LogP) is 0.643.